The van der Waals surface area contributed by atoms with E-state index in [9.17, 15) is 0 Å². The van der Waals surface area contributed by atoms with Crippen molar-refractivity contribution in [1.29, 1.82) is 0 Å². The number of hydrogen-bond acceptors (Lipinski definition) is 2. The average molecular weight is 244 g/mol. The van der Waals surface area contributed by atoms with Gasteiger partial charge in [-0.05, 0) is 37.1 Å². The van der Waals surface area contributed by atoms with E-state index in [4.69, 9.17) is 4.74 Å². The summed E-state index contributed by atoms with van der Waals surface area (Å²) in [7, 11) is 0. The lowest BCUT2D eigenvalue weighted by molar-refractivity contribution is 0.340. The van der Waals surface area contributed by atoms with Gasteiger partial charge in [-0.1, -0.05) is 26.0 Å². The Morgan fingerprint density at radius 2 is 2.06 bits per heavy atom. The molecule has 1 aromatic rings. The van der Waals surface area contributed by atoms with Crippen molar-refractivity contribution >= 4 is 12.4 Å². The molecule has 0 aliphatic heterocycles. The van der Waals surface area contributed by atoms with Crippen molar-refractivity contribution in [3.05, 3.63) is 29.8 Å². The molecule has 1 aromatic carbocycles. The van der Waals surface area contributed by atoms with Crippen LogP contribution in [-0.4, -0.2) is 13.2 Å². The van der Waals surface area contributed by atoms with E-state index in [1.54, 1.807) is 0 Å². The summed E-state index contributed by atoms with van der Waals surface area (Å²) >= 11 is 0. The molecule has 0 saturated heterocycles. The summed E-state index contributed by atoms with van der Waals surface area (Å²) in [4.78, 5) is 0. The SMILES string of the molecule is CCOc1cccc(CNCC(C)C)c1.Cl. The molecular formula is C13H22ClNO. The molecule has 0 atom stereocenters. The second-order valence-electron chi connectivity index (χ2n) is 4.11. The summed E-state index contributed by atoms with van der Waals surface area (Å²) in [5.74, 6) is 1.65. The van der Waals surface area contributed by atoms with Crippen molar-refractivity contribution in [2.75, 3.05) is 13.2 Å². The minimum Gasteiger partial charge on any atom is -0.494 e. The van der Waals surface area contributed by atoms with Gasteiger partial charge in [-0.25, -0.2) is 0 Å². The highest BCUT2D eigenvalue weighted by Gasteiger charge is 1.97. The second-order valence-corrected chi connectivity index (χ2v) is 4.11. The minimum atomic E-state index is 0. The van der Waals surface area contributed by atoms with Crippen molar-refractivity contribution in [2.24, 2.45) is 5.92 Å². The van der Waals surface area contributed by atoms with Gasteiger partial charge in [0.15, 0.2) is 0 Å². The van der Waals surface area contributed by atoms with Gasteiger partial charge in [0, 0.05) is 6.54 Å². The number of hydrogen-bond donors (Lipinski definition) is 1. The zero-order valence-electron chi connectivity index (χ0n) is 10.3. The first-order valence-corrected chi connectivity index (χ1v) is 5.64. The fourth-order valence-electron chi connectivity index (χ4n) is 1.42. The highest BCUT2D eigenvalue weighted by molar-refractivity contribution is 5.85. The molecule has 0 aliphatic rings. The summed E-state index contributed by atoms with van der Waals surface area (Å²) in [6, 6.07) is 8.25. The molecule has 0 aliphatic carbocycles. The molecular weight excluding hydrogens is 222 g/mol. The molecule has 0 bridgehead atoms. The minimum absolute atomic E-state index is 0. The fraction of sp³-hybridized carbons (Fsp3) is 0.538. The molecule has 1 rings (SSSR count). The predicted octanol–water partition coefficient (Wildman–Crippen LogP) is 3.25. The van der Waals surface area contributed by atoms with E-state index >= 15 is 0 Å². The monoisotopic (exact) mass is 243 g/mol. The van der Waals surface area contributed by atoms with Crippen LogP contribution in [0.25, 0.3) is 0 Å². The topological polar surface area (TPSA) is 21.3 Å². The lowest BCUT2D eigenvalue weighted by Gasteiger charge is -2.09. The first kappa shape index (κ1) is 15.3. The van der Waals surface area contributed by atoms with E-state index < -0.39 is 0 Å². The Morgan fingerprint density at radius 3 is 2.69 bits per heavy atom. The zero-order valence-corrected chi connectivity index (χ0v) is 11.1. The second kappa shape index (κ2) is 8.43. The summed E-state index contributed by atoms with van der Waals surface area (Å²) in [6.07, 6.45) is 0. The zero-order chi connectivity index (χ0) is 11.1. The average Bonchev–Trinajstić information content (AvgIpc) is 2.18. The van der Waals surface area contributed by atoms with Gasteiger partial charge in [0.05, 0.1) is 6.61 Å². The van der Waals surface area contributed by atoms with Gasteiger partial charge in [-0.3, -0.25) is 0 Å². The molecule has 16 heavy (non-hydrogen) atoms. The van der Waals surface area contributed by atoms with E-state index in [0.717, 1.165) is 25.4 Å². The number of rotatable bonds is 6. The molecule has 0 heterocycles. The summed E-state index contributed by atoms with van der Waals surface area (Å²) in [5, 5.41) is 3.41. The van der Waals surface area contributed by atoms with E-state index in [1.807, 2.05) is 19.1 Å². The van der Waals surface area contributed by atoms with Gasteiger partial charge < -0.3 is 10.1 Å². The highest BCUT2D eigenvalue weighted by atomic mass is 35.5. The maximum Gasteiger partial charge on any atom is 0.119 e. The normalized spacial score (nSPS) is 10.0. The maximum absolute atomic E-state index is 5.45. The van der Waals surface area contributed by atoms with Crippen LogP contribution in [0.2, 0.25) is 0 Å². The summed E-state index contributed by atoms with van der Waals surface area (Å²) in [6.45, 7) is 9.12. The Balaban J connectivity index is 0.00000225. The molecule has 92 valence electrons. The molecule has 0 unspecified atom stereocenters. The first-order valence-electron chi connectivity index (χ1n) is 5.64. The van der Waals surface area contributed by atoms with Crippen LogP contribution in [0.4, 0.5) is 0 Å². The Labute approximate surface area is 105 Å². The van der Waals surface area contributed by atoms with Crippen LogP contribution in [0, 0.1) is 5.92 Å². The van der Waals surface area contributed by atoms with Crippen molar-refractivity contribution in [3.8, 4) is 5.75 Å². The van der Waals surface area contributed by atoms with Gasteiger partial charge in [0.2, 0.25) is 0 Å². The van der Waals surface area contributed by atoms with E-state index in [-0.39, 0.29) is 12.4 Å². The standard InChI is InChI=1S/C13H21NO.ClH/c1-4-15-13-7-5-6-12(8-13)10-14-9-11(2)3;/h5-8,11,14H,4,9-10H2,1-3H3;1H. The molecule has 3 heteroatoms. The Bertz CT molecular complexity index is 289. The largest absolute Gasteiger partial charge is 0.494 e. The van der Waals surface area contributed by atoms with Crippen molar-refractivity contribution < 1.29 is 4.74 Å². The number of ether oxygens (including phenoxy) is 1. The lowest BCUT2D eigenvalue weighted by atomic mass is 10.2. The Kier molecular flexibility index (Phi) is 8.04. The Morgan fingerprint density at radius 1 is 1.31 bits per heavy atom. The molecule has 0 amide bonds. The molecule has 1 N–H and O–H groups in total. The quantitative estimate of drug-likeness (QED) is 0.828. The summed E-state index contributed by atoms with van der Waals surface area (Å²) < 4.78 is 5.45. The van der Waals surface area contributed by atoms with Crippen LogP contribution < -0.4 is 10.1 Å². The van der Waals surface area contributed by atoms with Crippen LogP contribution in [0.5, 0.6) is 5.75 Å². The third-order valence-corrected chi connectivity index (χ3v) is 2.09. The van der Waals surface area contributed by atoms with E-state index in [2.05, 4.69) is 31.3 Å². The van der Waals surface area contributed by atoms with Gasteiger partial charge >= 0.3 is 0 Å². The van der Waals surface area contributed by atoms with E-state index in [1.165, 1.54) is 5.56 Å². The lowest BCUT2D eigenvalue weighted by Crippen LogP contribution is -2.18. The molecule has 0 radical (unpaired) electrons. The van der Waals surface area contributed by atoms with Gasteiger partial charge in [-0.2, -0.15) is 0 Å². The van der Waals surface area contributed by atoms with Crippen LogP contribution in [0.15, 0.2) is 24.3 Å². The number of nitrogens with one attached hydrogen (secondary N) is 1. The first-order chi connectivity index (χ1) is 7.22. The highest BCUT2D eigenvalue weighted by Crippen LogP contribution is 2.12. The predicted molar refractivity (Wildman–Crippen MR) is 71.4 cm³/mol. The van der Waals surface area contributed by atoms with Crippen LogP contribution in [0.1, 0.15) is 26.3 Å². The molecule has 0 aromatic heterocycles. The van der Waals surface area contributed by atoms with E-state index in [0.29, 0.717) is 5.92 Å². The van der Waals surface area contributed by atoms with Gasteiger partial charge in [-0.15, -0.1) is 12.4 Å². The van der Waals surface area contributed by atoms with Crippen LogP contribution in [-0.2, 0) is 6.54 Å². The summed E-state index contributed by atoms with van der Waals surface area (Å²) in [5.41, 5.74) is 1.28. The van der Waals surface area contributed by atoms with Gasteiger partial charge in [0.1, 0.15) is 5.75 Å². The third-order valence-electron chi connectivity index (χ3n) is 2.09. The molecule has 0 fully saturated rings. The molecule has 0 spiro atoms. The van der Waals surface area contributed by atoms with Crippen LogP contribution in [0.3, 0.4) is 0 Å². The van der Waals surface area contributed by atoms with Crippen molar-refractivity contribution in [1.82, 2.24) is 5.32 Å². The number of benzene rings is 1. The molecule has 2 nitrogen and oxygen atoms in total. The smallest absolute Gasteiger partial charge is 0.119 e. The Hall–Kier alpha value is -0.730. The van der Waals surface area contributed by atoms with Crippen molar-refractivity contribution in [2.45, 2.75) is 27.3 Å². The third kappa shape index (κ3) is 5.99. The van der Waals surface area contributed by atoms with Crippen LogP contribution >= 0.6 is 12.4 Å². The molecule has 0 saturated carbocycles. The van der Waals surface area contributed by atoms with Gasteiger partial charge in [0.25, 0.3) is 0 Å². The maximum atomic E-state index is 5.45. The number of halogens is 1. The fourth-order valence-corrected chi connectivity index (χ4v) is 1.42. The van der Waals surface area contributed by atoms with Crippen molar-refractivity contribution in [3.63, 3.8) is 0 Å².